The molecule has 0 atom stereocenters. The lowest BCUT2D eigenvalue weighted by Crippen LogP contribution is -2.08. The second-order valence-electron chi connectivity index (χ2n) is 3.27. The Morgan fingerprint density at radius 3 is 2.83 bits per heavy atom. The van der Waals surface area contributed by atoms with Gasteiger partial charge in [0.2, 0.25) is 0 Å². The third-order valence-corrected chi connectivity index (χ3v) is 2.28. The second-order valence-corrected chi connectivity index (χ2v) is 3.27. The molecule has 1 saturated carbocycles. The first-order valence-corrected chi connectivity index (χ1v) is 4.78. The van der Waals surface area contributed by atoms with Crippen LogP contribution in [0.1, 0.15) is 45.4 Å². The Bertz CT molecular complexity index is 194. The predicted octanol–water partition coefficient (Wildman–Crippen LogP) is 3.12. The van der Waals surface area contributed by atoms with Crippen molar-refractivity contribution in [2.45, 2.75) is 45.4 Å². The summed E-state index contributed by atoms with van der Waals surface area (Å²) >= 11 is 0. The Kier molecular flexibility index (Phi) is 3.85. The predicted molar refractivity (Wildman–Crippen MR) is 50.7 cm³/mol. The van der Waals surface area contributed by atoms with E-state index in [1.54, 1.807) is 0 Å². The average molecular weight is 167 g/mol. The van der Waals surface area contributed by atoms with Crippen molar-refractivity contribution in [3.05, 3.63) is 11.6 Å². The topological polar surface area (TPSA) is 32.6 Å². The largest absolute Gasteiger partial charge is 0.411 e. The van der Waals surface area contributed by atoms with Gasteiger partial charge in [0.15, 0.2) is 0 Å². The quantitative estimate of drug-likeness (QED) is 0.497. The van der Waals surface area contributed by atoms with Crippen molar-refractivity contribution >= 4 is 5.71 Å². The normalized spacial score (nSPS) is 25.1. The van der Waals surface area contributed by atoms with Crippen LogP contribution in [-0.4, -0.2) is 10.9 Å². The molecule has 0 aliphatic heterocycles. The third kappa shape index (κ3) is 2.36. The van der Waals surface area contributed by atoms with Crippen molar-refractivity contribution in [2.75, 3.05) is 0 Å². The molecule has 1 rings (SSSR count). The Morgan fingerprint density at radius 2 is 2.17 bits per heavy atom. The number of rotatable bonds is 2. The molecular formula is C10H17NO. The summed E-state index contributed by atoms with van der Waals surface area (Å²) in [5, 5.41) is 12.0. The molecule has 1 aliphatic rings. The Balaban J connectivity index is 2.59. The number of nitrogens with zero attached hydrogens (tertiary/aromatic N) is 1. The number of oxime groups is 1. The van der Waals surface area contributed by atoms with Crippen LogP contribution in [0.3, 0.4) is 0 Å². The molecule has 0 saturated heterocycles. The molecule has 68 valence electrons. The van der Waals surface area contributed by atoms with Crippen molar-refractivity contribution in [1.29, 1.82) is 0 Å². The highest BCUT2D eigenvalue weighted by atomic mass is 16.4. The average Bonchev–Trinajstić information content (AvgIpc) is 2.15. The fourth-order valence-corrected chi connectivity index (χ4v) is 1.57. The van der Waals surface area contributed by atoms with Crippen LogP contribution in [0.15, 0.2) is 16.8 Å². The first kappa shape index (κ1) is 9.30. The van der Waals surface area contributed by atoms with Crippen LogP contribution in [0.25, 0.3) is 0 Å². The summed E-state index contributed by atoms with van der Waals surface area (Å²) in [6.07, 6.45) is 8.95. The van der Waals surface area contributed by atoms with Crippen LogP contribution >= 0.6 is 0 Å². The highest BCUT2D eigenvalue weighted by Crippen LogP contribution is 2.21. The van der Waals surface area contributed by atoms with Gasteiger partial charge in [0.1, 0.15) is 0 Å². The molecule has 0 aromatic rings. The van der Waals surface area contributed by atoms with Gasteiger partial charge in [-0.3, -0.25) is 0 Å². The molecule has 1 N–H and O–H groups in total. The molecule has 0 aromatic carbocycles. The van der Waals surface area contributed by atoms with E-state index < -0.39 is 0 Å². The maximum atomic E-state index is 8.71. The smallest absolute Gasteiger partial charge is 0.0824 e. The fraction of sp³-hybridized carbons (Fsp3) is 0.700. The maximum Gasteiger partial charge on any atom is 0.0824 e. The standard InChI is InChI=1S/C10H17NO/c1-2-3-6-9-7-4-5-8-10(9)11-12/h6,12H,2-5,7-8H2,1H3/b9-6+,11-10+. The van der Waals surface area contributed by atoms with E-state index in [0.717, 1.165) is 25.0 Å². The van der Waals surface area contributed by atoms with Gasteiger partial charge in [0.25, 0.3) is 0 Å². The zero-order chi connectivity index (χ0) is 8.81. The van der Waals surface area contributed by atoms with E-state index in [0.29, 0.717) is 0 Å². The summed E-state index contributed by atoms with van der Waals surface area (Å²) in [5.74, 6) is 0. The van der Waals surface area contributed by atoms with E-state index >= 15 is 0 Å². The van der Waals surface area contributed by atoms with Gasteiger partial charge in [-0.2, -0.15) is 0 Å². The molecule has 0 radical (unpaired) electrons. The van der Waals surface area contributed by atoms with Crippen LogP contribution < -0.4 is 0 Å². The Morgan fingerprint density at radius 1 is 1.42 bits per heavy atom. The molecule has 0 bridgehead atoms. The maximum absolute atomic E-state index is 8.71. The lowest BCUT2D eigenvalue weighted by molar-refractivity contribution is 0.316. The van der Waals surface area contributed by atoms with Crippen molar-refractivity contribution in [2.24, 2.45) is 5.16 Å². The molecule has 0 spiro atoms. The minimum Gasteiger partial charge on any atom is -0.411 e. The Hall–Kier alpha value is -0.790. The highest BCUT2D eigenvalue weighted by molar-refractivity contribution is 6.00. The molecule has 1 fully saturated rings. The molecule has 2 nitrogen and oxygen atoms in total. The zero-order valence-corrected chi connectivity index (χ0v) is 7.71. The zero-order valence-electron chi connectivity index (χ0n) is 7.71. The van der Waals surface area contributed by atoms with Crippen LogP contribution in [-0.2, 0) is 0 Å². The van der Waals surface area contributed by atoms with Crippen molar-refractivity contribution < 1.29 is 5.21 Å². The van der Waals surface area contributed by atoms with Crippen LogP contribution in [0.5, 0.6) is 0 Å². The first-order valence-electron chi connectivity index (χ1n) is 4.78. The van der Waals surface area contributed by atoms with Crippen LogP contribution in [0.2, 0.25) is 0 Å². The van der Waals surface area contributed by atoms with Crippen LogP contribution in [0.4, 0.5) is 0 Å². The monoisotopic (exact) mass is 167 g/mol. The molecule has 12 heavy (non-hydrogen) atoms. The minimum absolute atomic E-state index is 0.912. The SMILES string of the molecule is CCC/C=C1\CCCC\C1=N/O. The minimum atomic E-state index is 0.912. The van der Waals surface area contributed by atoms with E-state index in [2.05, 4.69) is 18.2 Å². The third-order valence-electron chi connectivity index (χ3n) is 2.28. The molecule has 0 aromatic heterocycles. The molecule has 0 heterocycles. The van der Waals surface area contributed by atoms with Gasteiger partial charge >= 0.3 is 0 Å². The summed E-state index contributed by atoms with van der Waals surface area (Å²) in [6, 6.07) is 0. The molecule has 0 amide bonds. The van der Waals surface area contributed by atoms with Gasteiger partial charge in [-0.25, -0.2) is 0 Å². The van der Waals surface area contributed by atoms with Gasteiger partial charge in [0.05, 0.1) is 5.71 Å². The summed E-state index contributed by atoms with van der Waals surface area (Å²) in [6.45, 7) is 2.16. The van der Waals surface area contributed by atoms with Crippen molar-refractivity contribution in [1.82, 2.24) is 0 Å². The fourth-order valence-electron chi connectivity index (χ4n) is 1.57. The number of unbranched alkanes of at least 4 members (excludes halogenated alkanes) is 1. The highest BCUT2D eigenvalue weighted by Gasteiger charge is 2.12. The molecule has 2 heteroatoms. The van der Waals surface area contributed by atoms with Gasteiger partial charge in [-0.15, -0.1) is 0 Å². The number of hydrogen-bond donors (Lipinski definition) is 1. The Labute approximate surface area is 74.0 Å². The second kappa shape index (κ2) is 4.96. The van der Waals surface area contributed by atoms with E-state index in [4.69, 9.17) is 5.21 Å². The van der Waals surface area contributed by atoms with Crippen LogP contribution in [0, 0.1) is 0 Å². The molecular weight excluding hydrogens is 150 g/mol. The van der Waals surface area contributed by atoms with E-state index in [1.807, 2.05) is 0 Å². The van der Waals surface area contributed by atoms with Crippen molar-refractivity contribution in [3.63, 3.8) is 0 Å². The van der Waals surface area contributed by atoms with E-state index in [-0.39, 0.29) is 0 Å². The lowest BCUT2D eigenvalue weighted by atomic mass is 9.92. The summed E-state index contributed by atoms with van der Waals surface area (Å²) < 4.78 is 0. The van der Waals surface area contributed by atoms with E-state index in [1.165, 1.54) is 24.8 Å². The van der Waals surface area contributed by atoms with Gasteiger partial charge in [0, 0.05) is 0 Å². The summed E-state index contributed by atoms with van der Waals surface area (Å²) in [7, 11) is 0. The molecule has 0 unspecified atom stereocenters. The van der Waals surface area contributed by atoms with E-state index in [9.17, 15) is 0 Å². The first-order chi connectivity index (χ1) is 5.88. The molecule has 1 aliphatic carbocycles. The van der Waals surface area contributed by atoms with Crippen molar-refractivity contribution in [3.8, 4) is 0 Å². The van der Waals surface area contributed by atoms with Gasteiger partial charge in [-0.1, -0.05) is 24.6 Å². The summed E-state index contributed by atoms with van der Waals surface area (Å²) in [5.41, 5.74) is 2.18. The number of allylic oxidation sites excluding steroid dienone is 2. The number of hydrogen-bond acceptors (Lipinski definition) is 2. The lowest BCUT2D eigenvalue weighted by Gasteiger charge is -2.14. The summed E-state index contributed by atoms with van der Waals surface area (Å²) in [4.78, 5) is 0. The van der Waals surface area contributed by atoms with Gasteiger partial charge < -0.3 is 5.21 Å². The van der Waals surface area contributed by atoms with Gasteiger partial charge in [-0.05, 0) is 37.7 Å².